The molecule has 0 aliphatic carbocycles. The molecule has 0 unspecified atom stereocenters. The van der Waals surface area contributed by atoms with Crippen molar-refractivity contribution in [2.24, 2.45) is 0 Å². The van der Waals surface area contributed by atoms with Crippen molar-refractivity contribution in [3.8, 4) is 0 Å². The Labute approximate surface area is 203 Å². The summed E-state index contributed by atoms with van der Waals surface area (Å²) >= 11 is 0. The van der Waals surface area contributed by atoms with Gasteiger partial charge in [0.05, 0.1) is 24.9 Å². The van der Waals surface area contributed by atoms with Crippen LogP contribution in [0.3, 0.4) is 0 Å². The molecule has 2 heterocycles. The molecule has 0 atom stereocenters. The molecule has 1 aliphatic heterocycles. The van der Waals surface area contributed by atoms with Gasteiger partial charge in [-0.2, -0.15) is 0 Å². The molecule has 1 saturated heterocycles. The van der Waals surface area contributed by atoms with Crippen LogP contribution in [0.25, 0.3) is 0 Å². The molecule has 1 aliphatic rings. The van der Waals surface area contributed by atoms with Gasteiger partial charge in [-0.05, 0) is 43.2 Å². The zero-order valence-corrected chi connectivity index (χ0v) is 19.7. The molecule has 35 heavy (non-hydrogen) atoms. The van der Waals surface area contributed by atoms with Crippen LogP contribution in [0.4, 0.5) is 5.82 Å². The fourth-order valence-corrected chi connectivity index (χ4v) is 3.87. The Morgan fingerprint density at radius 3 is 2.37 bits per heavy atom. The summed E-state index contributed by atoms with van der Waals surface area (Å²) in [5.41, 5.74) is 2.91. The third-order valence-corrected chi connectivity index (χ3v) is 5.83. The molecule has 0 bridgehead atoms. The Morgan fingerprint density at radius 2 is 1.69 bits per heavy atom. The number of amides is 2. The molecule has 1 fully saturated rings. The topological polar surface area (TPSA) is 105 Å². The minimum Gasteiger partial charge on any atom is -0.465 e. The maximum absolute atomic E-state index is 13.2. The number of carbonyl (C=O) groups is 3. The molecule has 9 heteroatoms. The van der Waals surface area contributed by atoms with E-state index in [4.69, 9.17) is 4.74 Å². The molecule has 2 amide bonds. The third kappa shape index (κ3) is 5.63. The summed E-state index contributed by atoms with van der Waals surface area (Å²) in [5.74, 6) is -0.543. The number of methoxy groups -OCH3 is 1. The van der Waals surface area contributed by atoms with E-state index in [1.807, 2.05) is 36.1 Å². The largest absolute Gasteiger partial charge is 0.465 e. The summed E-state index contributed by atoms with van der Waals surface area (Å²) in [6.45, 7) is 3.95. The molecule has 1 aromatic heterocycles. The van der Waals surface area contributed by atoms with Gasteiger partial charge in [0.25, 0.3) is 11.8 Å². The molecule has 0 spiro atoms. The average Bonchev–Trinajstić information content (AvgIpc) is 2.92. The standard InChI is InChI=1S/C26H27N5O4/c1-18-8-10-19(11-9-18)16-27-24(32)22-12-13-23(29-28-22)30-14-5-15-31(17-30)25(33)20-6-3-4-7-21(20)26(34)35-2/h3-4,6-13H,5,14-17H2,1-2H3,(H,27,32). The lowest BCUT2D eigenvalue weighted by molar-refractivity contribution is 0.0588. The number of nitrogens with one attached hydrogen (secondary N) is 1. The fourth-order valence-electron chi connectivity index (χ4n) is 3.87. The van der Waals surface area contributed by atoms with Crippen molar-refractivity contribution in [1.82, 2.24) is 20.4 Å². The molecule has 2 aromatic carbocycles. The van der Waals surface area contributed by atoms with Crippen LogP contribution in [0, 0.1) is 6.92 Å². The third-order valence-electron chi connectivity index (χ3n) is 5.83. The smallest absolute Gasteiger partial charge is 0.338 e. The Balaban J connectivity index is 1.40. The van der Waals surface area contributed by atoms with Gasteiger partial charge in [-0.3, -0.25) is 9.59 Å². The van der Waals surface area contributed by atoms with Crippen LogP contribution < -0.4 is 10.2 Å². The molecule has 180 valence electrons. The van der Waals surface area contributed by atoms with Gasteiger partial charge in [0.1, 0.15) is 0 Å². The lowest BCUT2D eigenvalue weighted by Crippen LogP contribution is -2.48. The van der Waals surface area contributed by atoms with Crippen LogP contribution in [-0.2, 0) is 11.3 Å². The highest BCUT2D eigenvalue weighted by atomic mass is 16.5. The van der Waals surface area contributed by atoms with Crippen LogP contribution in [0.5, 0.6) is 0 Å². The molecule has 4 rings (SSSR count). The first kappa shape index (κ1) is 23.9. The second kappa shape index (κ2) is 10.8. The second-order valence-corrected chi connectivity index (χ2v) is 8.31. The number of hydrogen-bond donors (Lipinski definition) is 1. The minimum atomic E-state index is -0.551. The monoisotopic (exact) mass is 473 g/mol. The quantitative estimate of drug-likeness (QED) is 0.549. The molecule has 9 nitrogen and oxygen atoms in total. The van der Waals surface area contributed by atoms with Gasteiger partial charge >= 0.3 is 5.97 Å². The van der Waals surface area contributed by atoms with Crippen LogP contribution in [0.1, 0.15) is 48.8 Å². The summed E-state index contributed by atoms with van der Waals surface area (Å²) in [5, 5.41) is 11.2. The molecular formula is C26H27N5O4. The van der Waals surface area contributed by atoms with E-state index in [0.29, 0.717) is 37.7 Å². The Bertz CT molecular complexity index is 1210. The van der Waals surface area contributed by atoms with E-state index in [1.54, 1.807) is 41.3 Å². The van der Waals surface area contributed by atoms with Gasteiger partial charge in [0.15, 0.2) is 11.5 Å². The maximum atomic E-state index is 13.2. The van der Waals surface area contributed by atoms with Crippen molar-refractivity contribution in [1.29, 1.82) is 0 Å². The summed E-state index contributed by atoms with van der Waals surface area (Å²) in [6.07, 6.45) is 0.729. The first-order valence-corrected chi connectivity index (χ1v) is 11.4. The summed E-state index contributed by atoms with van der Waals surface area (Å²) in [7, 11) is 1.29. The molecule has 3 aromatic rings. The number of rotatable bonds is 6. The van der Waals surface area contributed by atoms with Crippen LogP contribution in [0.2, 0.25) is 0 Å². The zero-order valence-electron chi connectivity index (χ0n) is 19.7. The van der Waals surface area contributed by atoms with Crippen molar-refractivity contribution in [2.75, 3.05) is 31.8 Å². The van der Waals surface area contributed by atoms with Gasteiger partial charge < -0.3 is 19.9 Å². The predicted molar refractivity (Wildman–Crippen MR) is 130 cm³/mol. The van der Waals surface area contributed by atoms with E-state index in [9.17, 15) is 14.4 Å². The van der Waals surface area contributed by atoms with Gasteiger partial charge in [0.2, 0.25) is 0 Å². The highest BCUT2D eigenvalue weighted by Crippen LogP contribution is 2.19. The number of anilines is 1. The maximum Gasteiger partial charge on any atom is 0.338 e. The lowest BCUT2D eigenvalue weighted by Gasteiger charge is -2.36. The SMILES string of the molecule is COC(=O)c1ccccc1C(=O)N1CCCN(c2ccc(C(=O)NCc3ccc(C)cc3)nn2)C1. The summed E-state index contributed by atoms with van der Waals surface area (Å²) < 4.78 is 4.81. The Kier molecular flexibility index (Phi) is 7.35. The number of aryl methyl sites for hydroxylation is 1. The van der Waals surface area contributed by atoms with Crippen LogP contribution in [0.15, 0.2) is 60.7 Å². The van der Waals surface area contributed by atoms with Gasteiger partial charge in [-0.15, -0.1) is 10.2 Å². The predicted octanol–water partition coefficient (Wildman–Crippen LogP) is 2.81. The lowest BCUT2D eigenvalue weighted by atomic mass is 10.1. The second-order valence-electron chi connectivity index (χ2n) is 8.31. The van der Waals surface area contributed by atoms with Crippen molar-refractivity contribution < 1.29 is 19.1 Å². The number of ether oxygens (including phenoxy) is 1. The van der Waals surface area contributed by atoms with E-state index in [0.717, 1.165) is 17.5 Å². The van der Waals surface area contributed by atoms with Gasteiger partial charge in [0, 0.05) is 19.6 Å². The van der Waals surface area contributed by atoms with Gasteiger partial charge in [-0.1, -0.05) is 42.0 Å². The number of benzene rings is 2. The average molecular weight is 474 g/mol. The van der Waals surface area contributed by atoms with E-state index in [2.05, 4.69) is 15.5 Å². The van der Waals surface area contributed by atoms with E-state index >= 15 is 0 Å². The number of hydrogen-bond acceptors (Lipinski definition) is 7. The van der Waals surface area contributed by atoms with Crippen molar-refractivity contribution >= 4 is 23.6 Å². The molecule has 0 radical (unpaired) electrons. The van der Waals surface area contributed by atoms with Gasteiger partial charge in [-0.25, -0.2) is 4.79 Å². The van der Waals surface area contributed by atoms with E-state index in [-0.39, 0.29) is 23.1 Å². The molecule has 1 N–H and O–H groups in total. The number of nitrogens with zero attached hydrogens (tertiary/aromatic N) is 4. The fraction of sp³-hybridized carbons (Fsp3) is 0.269. The van der Waals surface area contributed by atoms with E-state index < -0.39 is 5.97 Å². The van der Waals surface area contributed by atoms with E-state index in [1.165, 1.54) is 7.11 Å². The Hall–Kier alpha value is -4.27. The number of esters is 1. The summed E-state index contributed by atoms with van der Waals surface area (Å²) in [6, 6.07) is 17.9. The first-order chi connectivity index (χ1) is 17.0. The molecule has 0 saturated carbocycles. The first-order valence-electron chi connectivity index (χ1n) is 11.4. The van der Waals surface area contributed by atoms with Crippen molar-refractivity contribution in [3.63, 3.8) is 0 Å². The number of aromatic nitrogens is 2. The van der Waals surface area contributed by atoms with Crippen molar-refractivity contribution in [2.45, 2.75) is 19.9 Å². The number of carbonyl (C=O) groups excluding carboxylic acids is 3. The Morgan fingerprint density at radius 1 is 0.943 bits per heavy atom. The van der Waals surface area contributed by atoms with Crippen molar-refractivity contribution in [3.05, 3.63) is 88.6 Å². The summed E-state index contributed by atoms with van der Waals surface area (Å²) in [4.78, 5) is 41.3. The highest BCUT2D eigenvalue weighted by molar-refractivity contribution is 6.05. The molecular weight excluding hydrogens is 446 g/mol. The van der Waals surface area contributed by atoms with Crippen LogP contribution >= 0.6 is 0 Å². The van der Waals surface area contributed by atoms with Crippen LogP contribution in [-0.4, -0.2) is 59.7 Å². The normalized spacial score (nSPS) is 13.3. The highest BCUT2D eigenvalue weighted by Gasteiger charge is 2.27. The minimum absolute atomic E-state index is 0.220. The zero-order chi connectivity index (χ0) is 24.8.